The standard InChI is InChI=1S/C21H20FN5O4/c22-17-4-2-1-3-16(17)18-14-24-20(31-18)7-8-21(28)26-11-9-25(10-12-26)19-6-5-15(13-23-19)27(29)30/h1-6,13-14H,7-12H2. The second-order valence-electron chi connectivity index (χ2n) is 7.10. The number of aryl methyl sites for hydroxylation is 1. The fourth-order valence-electron chi connectivity index (χ4n) is 3.44. The average Bonchev–Trinajstić information content (AvgIpc) is 3.27. The summed E-state index contributed by atoms with van der Waals surface area (Å²) in [6.45, 7) is 2.24. The zero-order valence-corrected chi connectivity index (χ0v) is 16.6. The number of aromatic nitrogens is 2. The Morgan fingerprint density at radius 2 is 1.87 bits per heavy atom. The van der Waals surface area contributed by atoms with Crippen LogP contribution in [0.1, 0.15) is 12.3 Å². The molecule has 1 aliphatic rings. The maximum Gasteiger partial charge on any atom is 0.287 e. The SMILES string of the molecule is O=C(CCc1ncc(-c2ccccc2F)o1)N1CCN(c2ccc([N+](=O)[O-])cn2)CC1. The van der Waals surface area contributed by atoms with Crippen LogP contribution in [0.5, 0.6) is 0 Å². The van der Waals surface area contributed by atoms with Gasteiger partial charge in [-0.3, -0.25) is 14.9 Å². The lowest BCUT2D eigenvalue weighted by molar-refractivity contribution is -0.385. The molecule has 0 spiro atoms. The first-order valence-electron chi connectivity index (χ1n) is 9.84. The normalized spacial score (nSPS) is 14.0. The number of anilines is 1. The second-order valence-corrected chi connectivity index (χ2v) is 7.10. The Morgan fingerprint density at radius 3 is 2.55 bits per heavy atom. The molecule has 160 valence electrons. The fraction of sp³-hybridized carbons (Fsp3) is 0.286. The first kappa shape index (κ1) is 20.5. The summed E-state index contributed by atoms with van der Waals surface area (Å²) in [5, 5.41) is 10.7. The molecule has 1 aliphatic heterocycles. The van der Waals surface area contributed by atoms with Crippen molar-refractivity contribution in [3.8, 4) is 11.3 Å². The first-order chi connectivity index (χ1) is 15.0. The molecule has 1 saturated heterocycles. The van der Waals surface area contributed by atoms with Gasteiger partial charge in [0, 0.05) is 45.1 Å². The van der Waals surface area contributed by atoms with Gasteiger partial charge in [-0.25, -0.2) is 14.4 Å². The molecule has 1 fully saturated rings. The number of amides is 1. The van der Waals surface area contributed by atoms with Crippen LogP contribution in [0.3, 0.4) is 0 Å². The number of carbonyl (C=O) groups excluding carboxylic acids is 1. The van der Waals surface area contributed by atoms with Crippen LogP contribution in [0.25, 0.3) is 11.3 Å². The van der Waals surface area contributed by atoms with Crippen LogP contribution in [0.4, 0.5) is 15.9 Å². The highest BCUT2D eigenvalue weighted by atomic mass is 19.1. The van der Waals surface area contributed by atoms with Gasteiger partial charge >= 0.3 is 0 Å². The number of halogens is 1. The van der Waals surface area contributed by atoms with Crippen LogP contribution in [-0.4, -0.2) is 51.9 Å². The number of carbonyl (C=O) groups is 1. The smallest absolute Gasteiger partial charge is 0.287 e. The van der Waals surface area contributed by atoms with E-state index in [0.717, 1.165) is 0 Å². The van der Waals surface area contributed by atoms with Crippen molar-refractivity contribution in [3.63, 3.8) is 0 Å². The summed E-state index contributed by atoms with van der Waals surface area (Å²) in [5.41, 5.74) is 0.283. The van der Waals surface area contributed by atoms with Gasteiger partial charge in [-0.05, 0) is 18.2 Å². The van der Waals surface area contributed by atoms with Gasteiger partial charge in [-0.2, -0.15) is 0 Å². The van der Waals surface area contributed by atoms with E-state index >= 15 is 0 Å². The highest BCUT2D eigenvalue weighted by Crippen LogP contribution is 2.24. The van der Waals surface area contributed by atoms with Crippen molar-refractivity contribution in [2.45, 2.75) is 12.8 Å². The van der Waals surface area contributed by atoms with E-state index in [9.17, 15) is 19.3 Å². The minimum Gasteiger partial charge on any atom is -0.441 e. The molecule has 1 amide bonds. The zero-order valence-electron chi connectivity index (χ0n) is 16.6. The predicted molar refractivity (Wildman–Crippen MR) is 110 cm³/mol. The highest BCUT2D eigenvalue weighted by molar-refractivity contribution is 5.76. The molecule has 0 bridgehead atoms. The van der Waals surface area contributed by atoms with Gasteiger partial charge in [0.05, 0.1) is 16.7 Å². The topological polar surface area (TPSA) is 106 Å². The molecule has 1 aromatic carbocycles. The second kappa shape index (κ2) is 8.90. The molecular formula is C21H20FN5O4. The number of hydrogen-bond donors (Lipinski definition) is 0. The lowest BCUT2D eigenvalue weighted by atomic mass is 10.2. The van der Waals surface area contributed by atoms with Crippen molar-refractivity contribution in [1.82, 2.24) is 14.9 Å². The van der Waals surface area contributed by atoms with Crippen LogP contribution >= 0.6 is 0 Å². The van der Waals surface area contributed by atoms with Gasteiger partial charge in [-0.1, -0.05) is 12.1 Å². The summed E-state index contributed by atoms with van der Waals surface area (Å²) < 4.78 is 19.5. The monoisotopic (exact) mass is 425 g/mol. The van der Waals surface area contributed by atoms with Crippen LogP contribution in [0.15, 0.2) is 53.2 Å². The maximum absolute atomic E-state index is 13.9. The molecule has 10 heteroatoms. The minimum atomic E-state index is -0.486. The first-order valence-corrected chi connectivity index (χ1v) is 9.84. The average molecular weight is 425 g/mol. The van der Waals surface area contributed by atoms with E-state index in [1.807, 2.05) is 4.90 Å². The summed E-state index contributed by atoms with van der Waals surface area (Å²) in [4.78, 5) is 34.9. The largest absolute Gasteiger partial charge is 0.441 e. The summed E-state index contributed by atoms with van der Waals surface area (Å²) in [7, 11) is 0. The molecule has 0 N–H and O–H groups in total. The van der Waals surface area contributed by atoms with Gasteiger partial charge in [0.2, 0.25) is 5.91 Å². The Morgan fingerprint density at radius 1 is 1.10 bits per heavy atom. The highest BCUT2D eigenvalue weighted by Gasteiger charge is 2.22. The van der Waals surface area contributed by atoms with Crippen molar-refractivity contribution in [1.29, 1.82) is 0 Å². The minimum absolute atomic E-state index is 0.0121. The number of nitro groups is 1. The molecule has 31 heavy (non-hydrogen) atoms. The lowest BCUT2D eigenvalue weighted by Gasteiger charge is -2.35. The Kier molecular flexibility index (Phi) is 5.87. The van der Waals surface area contributed by atoms with Crippen LogP contribution in [0.2, 0.25) is 0 Å². The van der Waals surface area contributed by atoms with Crippen molar-refractivity contribution < 1.29 is 18.5 Å². The number of oxazole rings is 1. The van der Waals surface area contributed by atoms with E-state index in [1.54, 1.807) is 29.2 Å². The summed E-state index contributed by atoms with van der Waals surface area (Å²) in [6.07, 6.45) is 3.28. The quantitative estimate of drug-likeness (QED) is 0.441. The van der Waals surface area contributed by atoms with Gasteiger partial charge in [0.25, 0.3) is 5.69 Å². The fourth-order valence-corrected chi connectivity index (χ4v) is 3.44. The number of nitrogens with zero attached hydrogens (tertiary/aromatic N) is 5. The predicted octanol–water partition coefficient (Wildman–Crippen LogP) is 3.07. The van der Waals surface area contributed by atoms with E-state index in [-0.39, 0.29) is 23.8 Å². The Hall–Kier alpha value is -3.82. The number of hydrogen-bond acceptors (Lipinski definition) is 7. The number of rotatable bonds is 6. The third-order valence-corrected chi connectivity index (χ3v) is 5.15. The molecule has 0 atom stereocenters. The van der Waals surface area contributed by atoms with E-state index in [2.05, 4.69) is 9.97 Å². The van der Waals surface area contributed by atoms with E-state index in [0.29, 0.717) is 55.6 Å². The molecule has 0 radical (unpaired) electrons. The Balaban J connectivity index is 1.28. The lowest BCUT2D eigenvalue weighted by Crippen LogP contribution is -2.49. The number of piperazine rings is 1. The van der Waals surface area contributed by atoms with E-state index in [1.165, 1.54) is 24.5 Å². The molecule has 0 aliphatic carbocycles. The molecule has 4 rings (SSSR count). The molecule has 0 unspecified atom stereocenters. The van der Waals surface area contributed by atoms with E-state index in [4.69, 9.17) is 4.42 Å². The molecule has 0 saturated carbocycles. The summed E-state index contributed by atoms with van der Waals surface area (Å²) in [6, 6.07) is 9.33. The molecule has 3 heterocycles. The zero-order chi connectivity index (χ0) is 21.8. The summed E-state index contributed by atoms with van der Waals surface area (Å²) >= 11 is 0. The van der Waals surface area contributed by atoms with Crippen LogP contribution < -0.4 is 4.90 Å². The van der Waals surface area contributed by atoms with E-state index < -0.39 is 4.92 Å². The Labute approximate surface area is 177 Å². The van der Waals surface area contributed by atoms with Crippen molar-refractivity contribution in [2.24, 2.45) is 0 Å². The van der Waals surface area contributed by atoms with Crippen LogP contribution in [0, 0.1) is 15.9 Å². The number of benzene rings is 1. The van der Waals surface area contributed by atoms with Gasteiger partial charge < -0.3 is 14.2 Å². The Bertz CT molecular complexity index is 1080. The summed E-state index contributed by atoms with van der Waals surface area (Å²) in [5.74, 6) is 0.979. The van der Waals surface area contributed by atoms with Crippen molar-refractivity contribution >= 4 is 17.4 Å². The van der Waals surface area contributed by atoms with Crippen LogP contribution in [-0.2, 0) is 11.2 Å². The van der Waals surface area contributed by atoms with Gasteiger partial charge in [0.1, 0.15) is 17.8 Å². The third-order valence-electron chi connectivity index (χ3n) is 5.15. The molecule has 2 aromatic heterocycles. The maximum atomic E-state index is 13.9. The van der Waals surface area contributed by atoms with Gasteiger partial charge in [0.15, 0.2) is 11.7 Å². The van der Waals surface area contributed by atoms with Crippen molar-refractivity contribution in [2.75, 3.05) is 31.1 Å². The molecule has 9 nitrogen and oxygen atoms in total. The van der Waals surface area contributed by atoms with Crippen molar-refractivity contribution in [3.05, 3.63) is 70.6 Å². The molecule has 3 aromatic rings. The molecular weight excluding hydrogens is 405 g/mol. The number of pyridine rings is 1. The van der Waals surface area contributed by atoms with Gasteiger partial charge in [-0.15, -0.1) is 0 Å². The third kappa shape index (κ3) is 4.68.